The lowest BCUT2D eigenvalue weighted by molar-refractivity contribution is -0.131. The first kappa shape index (κ1) is 22.3. The largest absolute Gasteiger partial charge is 0.342 e. The van der Waals surface area contributed by atoms with Gasteiger partial charge in [-0.2, -0.15) is 0 Å². The van der Waals surface area contributed by atoms with Gasteiger partial charge in [0.05, 0.1) is 6.42 Å². The molecule has 1 heterocycles. The Morgan fingerprint density at radius 2 is 1.34 bits per heavy atom. The maximum Gasteiger partial charge on any atom is 0.227 e. The van der Waals surface area contributed by atoms with Gasteiger partial charge in [-0.25, -0.2) is 0 Å². The molecule has 32 heavy (non-hydrogen) atoms. The van der Waals surface area contributed by atoms with E-state index in [9.17, 15) is 4.79 Å². The summed E-state index contributed by atoms with van der Waals surface area (Å²) in [5.74, 6) is 0.802. The molecule has 0 saturated carbocycles. The van der Waals surface area contributed by atoms with Crippen LogP contribution in [0.25, 0.3) is 0 Å². The van der Waals surface area contributed by atoms with Crippen LogP contribution in [0.5, 0.6) is 0 Å². The van der Waals surface area contributed by atoms with Crippen LogP contribution in [0, 0.1) is 5.92 Å². The molecule has 3 nitrogen and oxygen atoms in total. The Morgan fingerprint density at radius 3 is 1.97 bits per heavy atom. The second-order valence-corrected chi connectivity index (χ2v) is 8.93. The quantitative estimate of drug-likeness (QED) is 0.462. The molecule has 3 aromatic carbocycles. The van der Waals surface area contributed by atoms with Gasteiger partial charge in [-0.1, -0.05) is 91.0 Å². The van der Waals surface area contributed by atoms with Gasteiger partial charge >= 0.3 is 0 Å². The third-order valence-electron chi connectivity index (χ3n) is 6.47. The Bertz CT molecular complexity index is 943. The van der Waals surface area contributed by atoms with Crippen molar-refractivity contribution in [1.82, 2.24) is 9.80 Å². The van der Waals surface area contributed by atoms with Gasteiger partial charge in [0.15, 0.2) is 0 Å². The molecule has 3 aromatic rings. The van der Waals surface area contributed by atoms with Crippen LogP contribution in [0.2, 0.25) is 0 Å². The van der Waals surface area contributed by atoms with Gasteiger partial charge in [-0.15, -0.1) is 0 Å². The van der Waals surface area contributed by atoms with Gasteiger partial charge in [0, 0.05) is 26.2 Å². The highest BCUT2D eigenvalue weighted by molar-refractivity contribution is 5.78. The van der Waals surface area contributed by atoms with Crippen molar-refractivity contribution < 1.29 is 4.79 Å². The van der Waals surface area contributed by atoms with Crippen LogP contribution in [-0.2, 0) is 24.1 Å². The standard InChI is InChI=1S/C29H34N2O/c32-29(22-27-14-8-3-9-15-27)31(21-18-26-12-6-2-7-13-26)24-28-17-20-30(23-28)19-16-25-10-4-1-5-11-25/h1-15,28H,16-24H2. The molecule has 166 valence electrons. The van der Waals surface area contributed by atoms with Gasteiger partial charge in [0.2, 0.25) is 5.91 Å². The first-order valence-electron chi connectivity index (χ1n) is 11.9. The summed E-state index contributed by atoms with van der Waals surface area (Å²) in [6, 6.07) is 31.4. The van der Waals surface area contributed by atoms with Crippen molar-refractivity contribution in [3.8, 4) is 0 Å². The average Bonchev–Trinajstić information content (AvgIpc) is 3.30. The van der Waals surface area contributed by atoms with Gasteiger partial charge < -0.3 is 9.80 Å². The molecule has 0 aromatic heterocycles. The Kier molecular flexibility index (Phi) is 8.11. The number of carbonyl (C=O) groups is 1. The molecule has 1 amide bonds. The number of carbonyl (C=O) groups excluding carboxylic acids is 1. The van der Waals surface area contributed by atoms with E-state index >= 15 is 0 Å². The Hall–Kier alpha value is -2.91. The van der Waals surface area contributed by atoms with E-state index in [1.54, 1.807) is 0 Å². The van der Waals surface area contributed by atoms with Crippen molar-refractivity contribution >= 4 is 5.91 Å². The Balaban J connectivity index is 1.33. The number of nitrogens with zero attached hydrogens (tertiary/aromatic N) is 2. The van der Waals surface area contributed by atoms with Crippen molar-refractivity contribution in [3.63, 3.8) is 0 Å². The highest BCUT2D eigenvalue weighted by Gasteiger charge is 2.26. The summed E-state index contributed by atoms with van der Waals surface area (Å²) in [6.45, 7) is 4.98. The molecule has 1 fully saturated rings. The van der Waals surface area contributed by atoms with Gasteiger partial charge in [-0.3, -0.25) is 4.79 Å². The molecule has 0 N–H and O–H groups in total. The fraction of sp³-hybridized carbons (Fsp3) is 0.345. The minimum atomic E-state index is 0.245. The number of amides is 1. The number of hydrogen-bond donors (Lipinski definition) is 0. The summed E-state index contributed by atoms with van der Waals surface area (Å²) in [6.07, 6.45) is 3.67. The summed E-state index contributed by atoms with van der Waals surface area (Å²) < 4.78 is 0. The van der Waals surface area contributed by atoms with Gasteiger partial charge in [0.25, 0.3) is 0 Å². The van der Waals surface area contributed by atoms with E-state index in [1.165, 1.54) is 17.5 Å². The summed E-state index contributed by atoms with van der Waals surface area (Å²) in [7, 11) is 0. The van der Waals surface area contributed by atoms with E-state index in [4.69, 9.17) is 0 Å². The maximum atomic E-state index is 13.2. The molecule has 3 heteroatoms. The van der Waals surface area contributed by atoms with Crippen molar-refractivity contribution in [2.24, 2.45) is 5.92 Å². The maximum absolute atomic E-state index is 13.2. The average molecular weight is 427 g/mol. The van der Waals surface area contributed by atoms with Crippen molar-refractivity contribution in [3.05, 3.63) is 108 Å². The molecule has 0 spiro atoms. The van der Waals surface area contributed by atoms with Crippen LogP contribution in [0.4, 0.5) is 0 Å². The third-order valence-corrected chi connectivity index (χ3v) is 6.47. The topological polar surface area (TPSA) is 23.6 Å². The number of hydrogen-bond acceptors (Lipinski definition) is 2. The van der Waals surface area contributed by atoms with Crippen molar-refractivity contribution in [2.45, 2.75) is 25.7 Å². The first-order chi connectivity index (χ1) is 15.8. The number of rotatable bonds is 10. The predicted molar refractivity (Wildman–Crippen MR) is 132 cm³/mol. The molecule has 1 atom stereocenters. The van der Waals surface area contributed by atoms with Crippen molar-refractivity contribution in [1.29, 1.82) is 0 Å². The molecule has 4 rings (SSSR count). The fourth-order valence-corrected chi connectivity index (χ4v) is 4.62. The minimum Gasteiger partial charge on any atom is -0.342 e. The zero-order chi connectivity index (χ0) is 22.0. The lowest BCUT2D eigenvalue weighted by atomic mass is 10.1. The highest BCUT2D eigenvalue weighted by atomic mass is 16.2. The third kappa shape index (κ3) is 6.80. The van der Waals surface area contributed by atoms with Crippen LogP contribution in [-0.4, -0.2) is 48.4 Å². The summed E-state index contributed by atoms with van der Waals surface area (Å²) in [4.78, 5) is 17.9. The molecule has 0 bridgehead atoms. The molecular formula is C29H34N2O. The number of likely N-dealkylation sites (tertiary alicyclic amines) is 1. The smallest absolute Gasteiger partial charge is 0.227 e. The second-order valence-electron chi connectivity index (χ2n) is 8.93. The first-order valence-corrected chi connectivity index (χ1v) is 11.9. The summed E-state index contributed by atoms with van der Waals surface area (Å²) >= 11 is 0. The van der Waals surface area contributed by atoms with Gasteiger partial charge in [0.1, 0.15) is 0 Å². The van der Waals surface area contributed by atoms with Crippen LogP contribution >= 0.6 is 0 Å². The van der Waals surface area contributed by atoms with E-state index < -0.39 is 0 Å². The predicted octanol–water partition coefficient (Wildman–Crippen LogP) is 4.87. The van der Waals surface area contributed by atoms with Crippen LogP contribution < -0.4 is 0 Å². The lowest BCUT2D eigenvalue weighted by Crippen LogP contribution is -2.38. The van der Waals surface area contributed by atoms with Crippen LogP contribution in [0.15, 0.2) is 91.0 Å². The van der Waals surface area contributed by atoms with E-state index in [0.717, 1.165) is 51.1 Å². The zero-order valence-corrected chi connectivity index (χ0v) is 18.9. The zero-order valence-electron chi connectivity index (χ0n) is 18.9. The molecule has 0 aliphatic carbocycles. The molecule has 0 radical (unpaired) electrons. The molecule has 1 aliphatic heterocycles. The fourth-order valence-electron chi connectivity index (χ4n) is 4.62. The molecule has 1 saturated heterocycles. The van der Waals surface area contributed by atoms with E-state index in [0.29, 0.717) is 12.3 Å². The van der Waals surface area contributed by atoms with E-state index in [2.05, 4.69) is 64.4 Å². The normalized spacial score (nSPS) is 16.2. The van der Waals surface area contributed by atoms with E-state index in [-0.39, 0.29) is 5.91 Å². The monoisotopic (exact) mass is 426 g/mol. The summed E-state index contributed by atoms with van der Waals surface area (Å²) in [5, 5.41) is 0. The summed E-state index contributed by atoms with van der Waals surface area (Å²) in [5.41, 5.74) is 3.79. The second kappa shape index (κ2) is 11.6. The van der Waals surface area contributed by atoms with Gasteiger partial charge in [-0.05, 0) is 48.4 Å². The number of benzene rings is 3. The Morgan fingerprint density at radius 1 is 0.781 bits per heavy atom. The molecule has 1 aliphatic rings. The Labute approximate surface area is 192 Å². The SMILES string of the molecule is O=C(Cc1ccccc1)N(CCc1ccccc1)CC1CCN(CCc2ccccc2)C1. The molecule has 1 unspecified atom stereocenters. The molecular weight excluding hydrogens is 392 g/mol. The lowest BCUT2D eigenvalue weighted by Gasteiger charge is -2.26. The van der Waals surface area contributed by atoms with E-state index in [1.807, 2.05) is 36.4 Å². The van der Waals surface area contributed by atoms with Crippen LogP contribution in [0.3, 0.4) is 0 Å². The van der Waals surface area contributed by atoms with Crippen LogP contribution in [0.1, 0.15) is 23.1 Å². The van der Waals surface area contributed by atoms with Crippen molar-refractivity contribution in [2.75, 3.05) is 32.7 Å². The highest BCUT2D eigenvalue weighted by Crippen LogP contribution is 2.19. The minimum absolute atomic E-state index is 0.245.